The van der Waals surface area contributed by atoms with E-state index in [0.717, 1.165) is 5.56 Å². The standard InChI is InChI=1S/C13H15NOS2/c1-13(2,3)17(15)14-8-10-9-16-12-7-5-4-6-11(10)12/h4-9H,1-3H3/b14-8+/t17-/m0/s1. The van der Waals surface area contributed by atoms with E-state index >= 15 is 0 Å². The molecule has 2 rings (SSSR count). The minimum absolute atomic E-state index is 0.303. The lowest BCUT2D eigenvalue weighted by atomic mass is 10.2. The lowest BCUT2D eigenvalue weighted by Crippen LogP contribution is -2.25. The second-order valence-electron chi connectivity index (χ2n) is 4.78. The fourth-order valence-electron chi connectivity index (χ4n) is 1.36. The summed E-state index contributed by atoms with van der Waals surface area (Å²) in [5, 5.41) is 3.22. The summed E-state index contributed by atoms with van der Waals surface area (Å²) >= 11 is 0.492. The zero-order chi connectivity index (χ0) is 12.5. The Balaban J connectivity index is 2.27. The molecule has 1 aromatic heterocycles. The SMILES string of the molecule is CC(C)(C)[S@+]([O-])/N=C/c1csc2ccccc12. The lowest BCUT2D eigenvalue weighted by molar-refractivity contribution is 0.562. The molecule has 0 radical (unpaired) electrons. The fraction of sp³-hybridized carbons (Fsp3) is 0.308. The van der Waals surface area contributed by atoms with E-state index in [0.29, 0.717) is 0 Å². The molecule has 0 bridgehead atoms. The van der Waals surface area contributed by atoms with Crippen LogP contribution in [0.4, 0.5) is 0 Å². The quantitative estimate of drug-likeness (QED) is 0.601. The van der Waals surface area contributed by atoms with E-state index in [-0.39, 0.29) is 4.75 Å². The van der Waals surface area contributed by atoms with Gasteiger partial charge in [0, 0.05) is 21.0 Å². The summed E-state index contributed by atoms with van der Waals surface area (Å²) in [4.78, 5) is 0. The molecule has 0 aliphatic carbocycles. The van der Waals surface area contributed by atoms with E-state index < -0.39 is 11.4 Å². The Morgan fingerprint density at radius 3 is 2.71 bits per heavy atom. The summed E-state index contributed by atoms with van der Waals surface area (Å²) < 4.78 is 16.9. The number of fused-ring (bicyclic) bond motifs is 1. The van der Waals surface area contributed by atoms with Crippen molar-refractivity contribution in [2.45, 2.75) is 25.5 Å². The van der Waals surface area contributed by atoms with Gasteiger partial charge in [0.2, 0.25) is 0 Å². The first kappa shape index (κ1) is 12.6. The van der Waals surface area contributed by atoms with Crippen LogP contribution in [0.25, 0.3) is 10.1 Å². The minimum atomic E-state index is -1.19. The van der Waals surface area contributed by atoms with E-state index in [9.17, 15) is 4.55 Å². The predicted molar refractivity (Wildman–Crippen MR) is 77.3 cm³/mol. The second-order valence-corrected chi connectivity index (χ2v) is 7.63. The number of nitrogens with zero attached hydrogens (tertiary/aromatic N) is 1. The molecule has 0 aliphatic heterocycles. The van der Waals surface area contributed by atoms with Crippen molar-refractivity contribution in [3.05, 3.63) is 35.2 Å². The Morgan fingerprint density at radius 2 is 2.00 bits per heavy atom. The molecule has 0 unspecified atom stereocenters. The molecule has 1 heterocycles. The molecular formula is C13H15NOS2. The van der Waals surface area contributed by atoms with Crippen molar-refractivity contribution in [2.24, 2.45) is 4.40 Å². The molecule has 4 heteroatoms. The summed E-state index contributed by atoms with van der Waals surface area (Å²) in [6.07, 6.45) is 1.72. The monoisotopic (exact) mass is 265 g/mol. The first-order chi connectivity index (χ1) is 7.98. The Kier molecular flexibility index (Phi) is 3.56. The average molecular weight is 265 g/mol. The van der Waals surface area contributed by atoms with Gasteiger partial charge in [0.25, 0.3) is 0 Å². The Labute approximate surface area is 109 Å². The first-order valence-electron chi connectivity index (χ1n) is 5.41. The molecule has 0 N–H and O–H groups in total. The summed E-state index contributed by atoms with van der Waals surface area (Å²) in [7, 11) is 0. The van der Waals surface area contributed by atoms with Crippen LogP contribution < -0.4 is 0 Å². The van der Waals surface area contributed by atoms with Gasteiger partial charge in [-0.1, -0.05) is 22.6 Å². The van der Waals surface area contributed by atoms with Crippen LogP contribution in [0.3, 0.4) is 0 Å². The lowest BCUT2D eigenvalue weighted by Gasteiger charge is -2.17. The van der Waals surface area contributed by atoms with Crippen LogP contribution in [0.5, 0.6) is 0 Å². The van der Waals surface area contributed by atoms with Crippen molar-refractivity contribution in [1.82, 2.24) is 0 Å². The summed E-state index contributed by atoms with van der Waals surface area (Å²) in [5.74, 6) is 0. The van der Waals surface area contributed by atoms with E-state index in [1.807, 2.05) is 38.3 Å². The van der Waals surface area contributed by atoms with E-state index in [1.165, 1.54) is 10.1 Å². The smallest absolute Gasteiger partial charge is 0.144 e. The van der Waals surface area contributed by atoms with Gasteiger partial charge in [-0.25, -0.2) is 0 Å². The molecule has 90 valence electrons. The average Bonchev–Trinajstić information content (AvgIpc) is 2.68. The fourth-order valence-corrected chi connectivity index (χ4v) is 2.80. The van der Waals surface area contributed by atoms with Crippen LogP contribution >= 0.6 is 11.3 Å². The number of benzene rings is 1. The Bertz CT molecular complexity index is 540. The molecule has 0 aliphatic rings. The predicted octanol–water partition coefficient (Wildman–Crippen LogP) is 3.78. The highest BCUT2D eigenvalue weighted by Crippen LogP contribution is 2.25. The Morgan fingerprint density at radius 1 is 1.29 bits per heavy atom. The van der Waals surface area contributed by atoms with Crippen molar-refractivity contribution in [3.8, 4) is 0 Å². The van der Waals surface area contributed by atoms with Gasteiger partial charge in [-0.2, -0.15) is 0 Å². The van der Waals surface area contributed by atoms with Gasteiger partial charge in [-0.05, 0) is 26.8 Å². The molecule has 1 aromatic carbocycles. The topological polar surface area (TPSA) is 35.4 Å². The van der Waals surface area contributed by atoms with Gasteiger partial charge in [0.05, 0.1) is 6.21 Å². The molecule has 0 saturated heterocycles. The first-order valence-corrected chi connectivity index (χ1v) is 7.39. The van der Waals surface area contributed by atoms with Crippen LogP contribution in [-0.2, 0) is 11.4 Å². The van der Waals surface area contributed by atoms with Gasteiger partial charge in [0.15, 0.2) is 0 Å². The van der Waals surface area contributed by atoms with Crippen LogP contribution in [-0.4, -0.2) is 15.5 Å². The van der Waals surface area contributed by atoms with Crippen molar-refractivity contribution < 1.29 is 4.55 Å². The second kappa shape index (κ2) is 4.80. The number of hydrogen-bond donors (Lipinski definition) is 0. The number of thiophene rings is 1. The van der Waals surface area contributed by atoms with Crippen molar-refractivity contribution in [2.75, 3.05) is 0 Å². The summed E-state index contributed by atoms with van der Waals surface area (Å²) in [6, 6.07) is 8.17. The van der Waals surface area contributed by atoms with Gasteiger partial charge in [-0.3, -0.25) is 0 Å². The van der Waals surface area contributed by atoms with Crippen molar-refractivity contribution in [3.63, 3.8) is 0 Å². The highest BCUT2D eigenvalue weighted by Gasteiger charge is 2.25. The van der Waals surface area contributed by atoms with Crippen LogP contribution in [0.15, 0.2) is 34.0 Å². The zero-order valence-corrected chi connectivity index (χ0v) is 11.8. The van der Waals surface area contributed by atoms with Gasteiger partial charge in [-0.15, -0.1) is 11.3 Å². The van der Waals surface area contributed by atoms with Crippen molar-refractivity contribution >= 4 is 39.0 Å². The maximum Gasteiger partial charge on any atom is 0.144 e. The summed E-state index contributed by atoms with van der Waals surface area (Å²) in [6.45, 7) is 5.77. The maximum absolute atomic E-state index is 11.8. The zero-order valence-electron chi connectivity index (χ0n) is 10.1. The van der Waals surface area contributed by atoms with Crippen LogP contribution in [0.1, 0.15) is 26.3 Å². The number of rotatable bonds is 2. The van der Waals surface area contributed by atoms with Crippen LogP contribution in [0, 0.1) is 0 Å². The van der Waals surface area contributed by atoms with Gasteiger partial charge < -0.3 is 4.55 Å². The molecule has 0 amide bonds. The molecular weight excluding hydrogens is 250 g/mol. The molecule has 2 nitrogen and oxygen atoms in total. The van der Waals surface area contributed by atoms with E-state index in [2.05, 4.69) is 16.5 Å². The third-order valence-electron chi connectivity index (χ3n) is 2.32. The van der Waals surface area contributed by atoms with E-state index in [1.54, 1.807) is 17.6 Å². The molecule has 0 spiro atoms. The largest absolute Gasteiger partial charge is 0.591 e. The van der Waals surface area contributed by atoms with Gasteiger partial charge >= 0.3 is 0 Å². The minimum Gasteiger partial charge on any atom is -0.591 e. The normalized spacial score (nSPS) is 14.6. The molecule has 0 fully saturated rings. The van der Waals surface area contributed by atoms with Crippen LogP contribution in [0.2, 0.25) is 0 Å². The molecule has 1 atom stereocenters. The Hall–Kier alpha value is -0.840. The highest BCUT2D eigenvalue weighted by atomic mass is 32.2. The maximum atomic E-state index is 11.8. The molecule has 2 aromatic rings. The molecule has 0 saturated carbocycles. The highest BCUT2D eigenvalue weighted by molar-refractivity contribution is 7.91. The third-order valence-corrected chi connectivity index (χ3v) is 4.65. The van der Waals surface area contributed by atoms with Crippen molar-refractivity contribution in [1.29, 1.82) is 0 Å². The number of hydrogen-bond acceptors (Lipinski definition) is 3. The third kappa shape index (κ3) is 2.89. The van der Waals surface area contributed by atoms with Gasteiger partial charge in [0.1, 0.15) is 16.1 Å². The summed E-state index contributed by atoms with van der Waals surface area (Å²) in [5.41, 5.74) is 1.04. The molecule has 17 heavy (non-hydrogen) atoms. The van der Waals surface area contributed by atoms with E-state index in [4.69, 9.17) is 0 Å².